The van der Waals surface area contributed by atoms with E-state index in [1.165, 1.54) is 38.5 Å². The van der Waals surface area contributed by atoms with E-state index in [4.69, 9.17) is 5.73 Å². The topological polar surface area (TPSA) is 26.0 Å². The molecule has 2 N–H and O–H groups in total. The van der Waals surface area contributed by atoms with Crippen LogP contribution in [-0.2, 0) is 0 Å². The minimum absolute atomic E-state index is 0.858. The van der Waals surface area contributed by atoms with Crippen LogP contribution in [0, 0.1) is 0 Å². The first kappa shape index (κ1) is 29.4. The summed E-state index contributed by atoms with van der Waals surface area (Å²) in [5, 5.41) is 1.03. The second kappa shape index (κ2) is 13.1. The molecule has 1 nitrogen and oxygen atoms in total. The second-order valence-corrected chi connectivity index (χ2v) is 24.7. The van der Waals surface area contributed by atoms with Crippen molar-refractivity contribution in [1.82, 2.24) is 0 Å². The number of hydrogen-bond acceptors (Lipinski definition) is 1. The van der Waals surface area contributed by atoms with Crippen molar-refractivity contribution in [2.45, 2.75) is 160 Å². The fourth-order valence-electron chi connectivity index (χ4n) is 8.37. The Morgan fingerprint density at radius 1 is 0.448 bits per heavy atom. The lowest BCUT2D eigenvalue weighted by molar-refractivity contribution is 0.583. The SMILES string of the molecule is CC(C)[Si](C(C)C)(C(C)C)C(CCCCCCCN)[Si](C(C)C)(C(C)C)C(C)C. The third-order valence-corrected chi connectivity index (χ3v) is 26.9. The van der Waals surface area contributed by atoms with Crippen LogP contribution in [-0.4, -0.2) is 22.7 Å². The molecule has 0 amide bonds. The highest BCUT2D eigenvalue weighted by Gasteiger charge is 2.59. The predicted molar refractivity (Wildman–Crippen MR) is 143 cm³/mol. The van der Waals surface area contributed by atoms with E-state index >= 15 is 0 Å². The van der Waals surface area contributed by atoms with Crippen LogP contribution in [0.5, 0.6) is 0 Å². The van der Waals surface area contributed by atoms with Gasteiger partial charge in [0, 0.05) is 0 Å². The van der Waals surface area contributed by atoms with Crippen molar-refractivity contribution in [3.8, 4) is 0 Å². The van der Waals surface area contributed by atoms with Crippen molar-refractivity contribution in [3.63, 3.8) is 0 Å². The van der Waals surface area contributed by atoms with Gasteiger partial charge in [0.15, 0.2) is 0 Å². The Bertz CT molecular complexity index is 351. The average molecular weight is 442 g/mol. The molecule has 0 saturated carbocycles. The first-order valence-corrected chi connectivity index (χ1v) is 17.7. The van der Waals surface area contributed by atoms with Crippen LogP contribution < -0.4 is 5.73 Å². The molecule has 0 aromatic rings. The molecule has 0 fully saturated rings. The summed E-state index contributed by atoms with van der Waals surface area (Å²) in [4.78, 5) is 0. The summed E-state index contributed by atoms with van der Waals surface area (Å²) >= 11 is 0. The van der Waals surface area contributed by atoms with Crippen molar-refractivity contribution in [2.24, 2.45) is 5.73 Å². The minimum atomic E-state index is -1.51. The quantitative estimate of drug-likeness (QED) is 0.198. The van der Waals surface area contributed by atoms with Crippen LogP contribution >= 0.6 is 0 Å². The van der Waals surface area contributed by atoms with E-state index in [0.717, 1.165) is 45.0 Å². The van der Waals surface area contributed by atoms with Gasteiger partial charge in [0.2, 0.25) is 0 Å². The Labute approximate surface area is 188 Å². The van der Waals surface area contributed by atoms with Gasteiger partial charge in [0.1, 0.15) is 0 Å². The van der Waals surface area contributed by atoms with Crippen molar-refractivity contribution in [2.75, 3.05) is 6.54 Å². The van der Waals surface area contributed by atoms with E-state index < -0.39 is 16.1 Å². The summed E-state index contributed by atoms with van der Waals surface area (Å²) in [6.45, 7) is 32.0. The first-order chi connectivity index (χ1) is 13.4. The van der Waals surface area contributed by atoms with E-state index in [9.17, 15) is 0 Å². The molecule has 176 valence electrons. The maximum absolute atomic E-state index is 5.72. The highest BCUT2D eigenvalue weighted by molar-refractivity contribution is 7.02. The molecule has 0 spiro atoms. The first-order valence-electron chi connectivity index (χ1n) is 13.1. The Hall–Kier alpha value is 0.394. The third-order valence-electron chi connectivity index (χ3n) is 8.90. The van der Waals surface area contributed by atoms with Crippen molar-refractivity contribution < 1.29 is 0 Å². The number of hydrogen-bond donors (Lipinski definition) is 1. The highest BCUT2D eigenvalue weighted by Crippen LogP contribution is 2.61. The molecule has 0 aromatic heterocycles. The van der Waals surface area contributed by atoms with Crippen molar-refractivity contribution in [3.05, 3.63) is 0 Å². The lowest BCUT2D eigenvalue weighted by Gasteiger charge is -2.60. The lowest BCUT2D eigenvalue weighted by Crippen LogP contribution is -2.62. The smallest absolute Gasteiger partial charge is 0.0617 e. The normalized spacial score (nSPS) is 14.1. The highest BCUT2D eigenvalue weighted by atomic mass is 28.4. The molecule has 0 atom stereocenters. The molecule has 0 bridgehead atoms. The van der Waals surface area contributed by atoms with Gasteiger partial charge in [-0.3, -0.25) is 0 Å². The van der Waals surface area contributed by atoms with Gasteiger partial charge < -0.3 is 5.73 Å². The Balaban J connectivity index is 6.36. The molecule has 29 heavy (non-hydrogen) atoms. The summed E-state index contributed by atoms with van der Waals surface area (Å²) in [6.07, 6.45) is 8.26. The Morgan fingerprint density at radius 2 is 0.724 bits per heavy atom. The molecule has 0 aliphatic carbocycles. The summed E-state index contributed by atoms with van der Waals surface area (Å²) in [5.74, 6) is 0. The van der Waals surface area contributed by atoms with E-state index in [0.29, 0.717) is 0 Å². The number of nitrogens with two attached hydrogens (primary N) is 1. The summed E-state index contributed by atoms with van der Waals surface area (Å²) in [6, 6.07) is 0. The Kier molecular flexibility index (Phi) is 13.2. The van der Waals surface area contributed by atoms with Gasteiger partial charge in [0.25, 0.3) is 0 Å². The molecule has 0 aliphatic heterocycles. The van der Waals surface area contributed by atoms with E-state index in [1.54, 1.807) is 0 Å². The molecule has 0 unspecified atom stereocenters. The minimum Gasteiger partial charge on any atom is -0.330 e. The molecule has 0 aromatic carbocycles. The predicted octanol–water partition coefficient (Wildman–Crippen LogP) is 9.55. The second-order valence-electron chi connectivity index (χ2n) is 11.8. The van der Waals surface area contributed by atoms with E-state index in [1.807, 2.05) is 0 Å². The monoisotopic (exact) mass is 441 g/mol. The Morgan fingerprint density at radius 3 is 1.00 bits per heavy atom. The summed E-state index contributed by atoms with van der Waals surface area (Å²) in [7, 11) is -3.03. The van der Waals surface area contributed by atoms with Crippen molar-refractivity contribution in [1.29, 1.82) is 0 Å². The van der Waals surface area contributed by atoms with Crippen LogP contribution in [0.4, 0.5) is 0 Å². The molecule has 0 saturated heterocycles. The van der Waals surface area contributed by atoms with E-state index in [2.05, 4.69) is 83.1 Å². The zero-order valence-electron chi connectivity index (χ0n) is 22.6. The maximum atomic E-state index is 5.72. The third kappa shape index (κ3) is 6.22. The molecule has 0 rings (SSSR count). The van der Waals surface area contributed by atoms with Crippen LogP contribution in [0.3, 0.4) is 0 Å². The maximum Gasteiger partial charge on any atom is 0.0617 e. The molecular formula is C26H59NSi2. The molecule has 3 heteroatoms. The van der Waals surface area contributed by atoms with Crippen LogP contribution in [0.1, 0.15) is 122 Å². The molecule has 0 radical (unpaired) electrons. The zero-order chi connectivity index (χ0) is 23.0. The molecular weight excluding hydrogens is 382 g/mol. The van der Waals surface area contributed by atoms with Gasteiger partial charge in [-0.1, -0.05) is 148 Å². The summed E-state index contributed by atoms with van der Waals surface area (Å²) in [5.41, 5.74) is 10.9. The van der Waals surface area contributed by atoms with Gasteiger partial charge in [0.05, 0.1) is 16.1 Å². The van der Waals surface area contributed by atoms with Gasteiger partial charge in [-0.05, 0) is 18.1 Å². The fourth-order valence-corrected chi connectivity index (χ4v) is 32.1. The van der Waals surface area contributed by atoms with Crippen LogP contribution in [0.2, 0.25) is 38.4 Å². The average Bonchev–Trinajstić information content (AvgIpc) is 2.56. The van der Waals surface area contributed by atoms with Crippen LogP contribution in [0.25, 0.3) is 0 Å². The molecule has 0 aliphatic rings. The fraction of sp³-hybridized carbons (Fsp3) is 1.00. The van der Waals surface area contributed by atoms with Gasteiger partial charge >= 0.3 is 0 Å². The van der Waals surface area contributed by atoms with Gasteiger partial charge in [-0.15, -0.1) is 0 Å². The van der Waals surface area contributed by atoms with Crippen molar-refractivity contribution >= 4 is 16.1 Å². The van der Waals surface area contributed by atoms with E-state index in [-0.39, 0.29) is 0 Å². The standard InChI is InChI=1S/C26H59NSi2/c1-20(2)28(21(3)4,22(5)6)26(18-16-14-13-15-17-19-27)29(23(7)8,24(9)10)25(11)12/h20-26H,13-19,27H2,1-12H3. The number of rotatable bonds is 15. The summed E-state index contributed by atoms with van der Waals surface area (Å²) < 4.78 is 0. The zero-order valence-corrected chi connectivity index (χ0v) is 24.6. The largest absolute Gasteiger partial charge is 0.330 e. The lowest BCUT2D eigenvalue weighted by atomic mass is 10.1. The number of unbranched alkanes of at least 4 members (excludes halogenated alkanes) is 4. The van der Waals surface area contributed by atoms with Crippen LogP contribution in [0.15, 0.2) is 0 Å². The van der Waals surface area contributed by atoms with Gasteiger partial charge in [-0.25, -0.2) is 0 Å². The van der Waals surface area contributed by atoms with Gasteiger partial charge in [-0.2, -0.15) is 0 Å². The molecule has 0 heterocycles.